The van der Waals surface area contributed by atoms with Gasteiger partial charge in [0.15, 0.2) is 0 Å². The van der Waals surface area contributed by atoms with Gasteiger partial charge in [0.2, 0.25) is 0 Å². The molecule has 0 saturated heterocycles. The second-order valence-electron chi connectivity index (χ2n) is 7.30. The van der Waals surface area contributed by atoms with E-state index < -0.39 is 0 Å². The highest BCUT2D eigenvalue weighted by molar-refractivity contribution is 6.30. The first kappa shape index (κ1) is 20.8. The van der Waals surface area contributed by atoms with Crippen LogP contribution in [0.2, 0.25) is 5.02 Å². The van der Waals surface area contributed by atoms with Crippen molar-refractivity contribution >= 4 is 34.1 Å². The highest BCUT2D eigenvalue weighted by Crippen LogP contribution is 2.25. The Morgan fingerprint density at radius 1 is 1.00 bits per heavy atom. The van der Waals surface area contributed by atoms with Crippen molar-refractivity contribution in [3.05, 3.63) is 101 Å². The lowest BCUT2D eigenvalue weighted by atomic mass is 10.0. The van der Waals surface area contributed by atoms with Gasteiger partial charge in [-0.1, -0.05) is 78.7 Å². The Morgan fingerprint density at radius 2 is 1.71 bits per heavy atom. The smallest absolute Gasteiger partial charge is 0.267 e. The summed E-state index contributed by atoms with van der Waals surface area (Å²) in [5.74, 6) is -0.271. The second kappa shape index (κ2) is 9.11. The Balaban J connectivity index is 1.71. The van der Waals surface area contributed by atoms with Gasteiger partial charge in [-0.25, -0.2) is 10.4 Å². The molecule has 1 amide bonds. The number of amides is 1. The summed E-state index contributed by atoms with van der Waals surface area (Å²) in [5, 5.41) is 5.84. The summed E-state index contributed by atoms with van der Waals surface area (Å²) in [6, 6.07) is 25.0. The number of rotatable bonds is 5. The Labute approximate surface area is 186 Å². The fraction of sp³-hybridized carbons (Fsp3) is 0.115. The van der Waals surface area contributed by atoms with Gasteiger partial charge in [-0.3, -0.25) is 4.79 Å². The van der Waals surface area contributed by atoms with Gasteiger partial charge < -0.3 is 0 Å². The summed E-state index contributed by atoms with van der Waals surface area (Å²) in [7, 11) is 0. The fourth-order valence-electron chi connectivity index (χ4n) is 3.40. The van der Waals surface area contributed by atoms with Crippen LogP contribution in [-0.2, 0) is 0 Å². The van der Waals surface area contributed by atoms with Gasteiger partial charge in [0, 0.05) is 16.0 Å². The molecular weight excluding hydrogens is 406 g/mol. The number of halogens is 1. The standard InChI is InChI=1S/C26H22ClN3O/c1-3-23(18-12-14-20(27)15-13-18)29-30-26(31)22-16-25(19-10-8-17(2)9-11-19)28-24-7-5-4-6-21(22)24/h4-16H,3H2,1-2H3,(H,30,31)/b29-23-. The lowest BCUT2D eigenvalue weighted by Crippen LogP contribution is -2.20. The largest absolute Gasteiger partial charge is 0.272 e. The van der Waals surface area contributed by atoms with Gasteiger partial charge in [0.1, 0.15) is 0 Å². The number of carbonyl (C=O) groups excluding carboxylic acids is 1. The molecule has 0 bridgehead atoms. The molecule has 0 fully saturated rings. The number of fused-ring (bicyclic) bond motifs is 1. The molecule has 0 atom stereocenters. The van der Waals surface area contributed by atoms with Crippen LogP contribution in [0.3, 0.4) is 0 Å². The Hall–Kier alpha value is -3.50. The van der Waals surface area contributed by atoms with Gasteiger partial charge in [0.05, 0.1) is 22.5 Å². The van der Waals surface area contributed by atoms with Crippen LogP contribution in [0.1, 0.15) is 34.8 Å². The number of nitrogens with zero attached hydrogens (tertiary/aromatic N) is 2. The number of carbonyl (C=O) groups is 1. The molecule has 0 aliphatic rings. The lowest BCUT2D eigenvalue weighted by molar-refractivity contribution is 0.0956. The molecule has 0 saturated carbocycles. The third-order valence-corrected chi connectivity index (χ3v) is 5.36. The molecule has 0 aliphatic heterocycles. The van der Waals surface area contributed by atoms with Crippen LogP contribution >= 0.6 is 11.6 Å². The van der Waals surface area contributed by atoms with E-state index in [2.05, 4.69) is 10.5 Å². The first-order valence-corrected chi connectivity index (χ1v) is 10.5. The number of nitrogens with one attached hydrogen (secondary N) is 1. The van der Waals surface area contributed by atoms with Gasteiger partial charge in [0.25, 0.3) is 5.91 Å². The summed E-state index contributed by atoms with van der Waals surface area (Å²) in [6.45, 7) is 4.04. The number of hydrogen-bond donors (Lipinski definition) is 1. The Bertz CT molecular complexity index is 1260. The van der Waals surface area contributed by atoms with E-state index in [1.165, 1.54) is 5.56 Å². The third-order valence-electron chi connectivity index (χ3n) is 5.11. The fourth-order valence-corrected chi connectivity index (χ4v) is 3.53. The van der Waals surface area contributed by atoms with Crippen molar-refractivity contribution in [1.29, 1.82) is 0 Å². The molecule has 154 valence electrons. The Kier molecular flexibility index (Phi) is 6.10. The lowest BCUT2D eigenvalue weighted by Gasteiger charge is -2.10. The quantitative estimate of drug-likeness (QED) is 0.295. The SMILES string of the molecule is CC/C(=N/NC(=O)c1cc(-c2ccc(C)cc2)nc2ccccc12)c1ccc(Cl)cc1. The van der Waals surface area contributed by atoms with Crippen molar-refractivity contribution in [3.63, 3.8) is 0 Å². The van der Waals surface area contributed by atoms with E-state index in [1.54, 1.807) is 0 Å². The van der Waals surface area contributed by atoms with E-state index in [4.69, 9.17) is 16.6 Å². The number of hydrogen-bond acceptors (Lipinski definition) is 3. The van der Waals surface area contributed by atoms with Crippen LogP contribution in [-0.4, -0.2) is 16.6 Å². The predicted molar refractivity (Wildman–Crippen MR) is 128 cm³/mol. The average Bonchev–Trinajstić information content (AvgIpc) is 2.80. The highest BCUT2D eigenvalue weighted by atomic mass is 35.5. The minimum Gasteiger partial charge on any atom is -0.267 e. The summed E-state index contributed by atoms with van der Waals surface area (Å²) >= 11 is 5.98. The molecular formula is C26H22ClN3O. The van der Waals surface area contributed by atoms with Gasteiger partial charge >= 0.3 is 0 Å². The van der Waals surface area contributed by atoms with Gasteiger partial charge in [-0.05, 0) is 43.2 Å². The van der Waals surface area contributed by atoms with E-state index in [0.29, 0.717) is 17.0 Å². The highest BCUT2D eigenvalue weighted by Gasteiger charge is 2.14. The maximum atomic E-state index is 13.1. The molecule has 4 rings (SSSR count). The van der Waals surface area contributed by atoms with E-state index in [0.717, 1.165) is 33.4 Å². The van der Waals surface area contributed by atoms with Crippen molar-refractivity contribution in [2.75, 3.05) is 0 Å². The zero-order valence-electron chi connectivity index (χ0n) is 17.4. The number of benzene rings is 3. The van der Waals surface area contributed by atoms with Crippen LogP contribution in [0.15, 0.2) is 84.0 Å². The molecule has 1 heterocycles. The minimum atomic E-state index is -0.271. The summed E-state index contributed by atoms with van der Waals surface area (Å²) in [6.07, 6.45) is 0.674. The van der Waals surface area contributed by atoms with E-state index in [-0.39, 0.29) is 5.91 Å². The first-order valence-electron chi connectivity index (χ1n) is 10.1. The maximum absolute atomic E-state index is 13.1. The third kappa shape index (κ3) is 4.65. The van der Waals surface area contributed by atoms with Crippen LogP contribution in [0, 0.1) is 6.92 Å². The number of hydrazone groups is 1. The number of aromatic nitrogens is 1. The number of pyridine rings is 1. The summed E-state index contributed by atoms with van der Waals surface area (Å²) in [5.41, 5.74) is 8.63. The zero-order chi connectivity index (χ0) is 21.8. The van der Waals surface area contributed by atoms with Crippen molar-refractivity contribution in [1.82, 2.24) is 10.4 Å². The molecule has 3 aromatic carbocycles. The molecule has 1 aromatic heterocycles. The topological polar surface area (TPSA) is 54.4 Å². The number of aryl methyl sites for hydroxylation is 1. The normalized spacial score (nSPS) is 11.5. The molecule has 4 aromatic rings. The van der Waals surface area contributed by atoms with E-state index >= 15 is 0 Å². The van der Waals surface area contributed by atoms with Crippen LogP contribution < -0.4 is 5.43 Å². The molecule has 31 heavy (non-hydrogen) atoms. The van der Waals surface area contributed by atoms with E-state index in [9.17, 15) is 4.79 Å². The molecule has 0 aliphatic carbocycles. The maximum Gasteiger partial charge on any atom is 0.272 e. The van der Waals surface area contributed by atoms with Gasteiger partial charge in [-0.2, -0.15) is 5.10 Å². The minimum absolute atomic E-state index is 0.271. The van der Waals surface area contributed by atoms with Crippen LogP contribution in [0.5, 0.6) is 0 Å². The summed E-state index contributed by atoms with van der Waals surface area (Å²) < 4.78 is 0. The molecule has 0 unspecified atom stereocenters. The zero-order valence-corrected chi connectivity index (χ0v) is 18.1. The molecule has 0 spiro atoms. The Morgan fingerprint density at radius 3 is 2.42 bits per heavy atom. The van der Waals surface area contributed by atoms with Crippen molar-refractivity contribution in [2.45, 2.75) is 20.3 Å². The van der Waals surface area contributed by atoms with Crippen LogP contribution in [0.4, 0.5) is 0 Å². The molecule has 4 nitrogen and oxygen atoms in total. The van der Waals surface area contributed by atoms with Crippen molar-refractivity contribution < 1.29 is 4.79 Å². The van der Waals surface area contributed by atoms with Crippen molar-refractivity contribution in [3.8, 4) is 11.3 Å². The average molecular weight is 428 g/mol. The monoisotopic (exact) mass is 427 g/mol. The van der Waals surface area contributed by atoms with Gasteiger partial charge in [-0.15, -0.1) is 0 Å². The second-order valence-corrected chi connectivity index (χ2v) is 7.73. The molecule has 1 N–H and O–H groups in total. The van der Waals surface area contributed by atoms with Crippen LogP contribution in [0.25, 0.3) is 22.2 Å². The predicted octanol–water partition coefficient (Wildman–Crippen LogP) is 6.41. The first-order chi connectivity index (χ1) is 15.0. The number of para-hydroxylation sites is 1. The van der Waals surface area contributed by atoms with E-state index in [1.807, 2.05) is 92.7 Å². The van der Waals surface area contributed by atoms with Crippen molar-refractivity contribution in [2.24, 2.45) is 5.10 Å². The molecule has 0 radical (unpaired) electrons. The summed E-state index contributed by atoms with van der Waals surface area (Å²) in [4.78, 5) is 17.9. The molecule has 5 heteroatoms.